The summed E-state index contributed by atoms with van der Waals surface area (Å²) in [6, 6.07) is 21.2. The second-order valence-electron chi connectivity index (χ2n) is 16.5. The monoisotopic (exact) mass is 1050 g/mol. The van der Waals surface area contributed by atoms with Gasteiger partial charge in [0.15, 0.2) is 35.0 Å². The molecule has 0 amide bonds. The second-order valence-corrected chi connectivity index (χ2v) is 16.5. The zero-order valence-corrected chi connectivity index (χ0v) is 39.1. The van der Waals surface area contributed by atoms with Crippen molar-refractivity contribution >= 4 is 24.0 Å². The number of benzene rings is 5. The fourth-order valence-corrected chi connectivity index (χ4v) is 6.79. The summed E-state index contributed by atoms with van der Waals surface area (Å²) >= 11 is 0. The van der Waals surface area contributed by atoms with E-state index in [2.05, 4.69) is 0 Å². The van der Waals surface area contributed by atoms with Gasteiger partial charge in [0, 0.05) is 5.56 Å². The number of aromatic hydroxyl groups is 8. The first-order valence-corrected chi connectivity index (χ1v) is 22.0. The highest BCUT2D eigenvalue weighted by molar-refractivity contribution is 5.91. The predicted molar refractivity (Wildman–Crippen MR) is 258 cm³/mol. The molecule has 7 rings (SSSR count). The van der Waals surface area contributed by atoms with Crippen LogP contribution in [0.2, 0.25) is 0 Å². The van der Waals surface area contributed by atoms with Crippen LogP contribution < -0.4 is 4.74 Å². The Balaban J connectivity index is 0.000000264. The Morgan fingerprint density at radius 3 is 1.49 bits per heavy atom. The molecule has 24 heteroatoms. The number of esters is 2. The summed E-state index contributed by atoms with van der Waals surface area (Å²) in [5, 5.41) is 144. The lowest BCUT2D eigenvalue weighted by molar-refractivity contribution is -0.298. The maximum Gasteiger partial charge on any atom is 0.338 e. The van der Waals surface area contributed by atoms with Gasteiger partial charge in [-0.15, -0.1) is 0 Å². The van der Waals surface area contributed by atoms with Gasteiger partial charge in [-0.3, -0.25) is 0 Å². The molecule has 0 radical (unpaired) electrons. The van der Waals surface area contributed by atoms with E-state index in [1.54, 1.807) is 12.2 Å². The molecule has 2 aliphatic heterocycles. The standard InChI is InChI=1S/C22H24O10.C20H22O10.C8H8O4.CH4/c23-14-9-13(10-15(24)17(14)25)21(29)31-11-16-18(26)19(27)20(28)22(32-16)30-8-4-7-12-5-2-1-3-6-12;1-9-13(22)6-10(7-14(9)23)19(27)28-8-15-16(24)17(25)18(26)20(30-15)29-12-4-2-11(21)3-5-12;1-4-2-5(8(11)12)3-6(9)7(4)10;/h1-7,9-10,16,18-20,22-28H,8,11H2;2-7,15-18,20-26H,8H2,1H3;2-3,9-10H,1H3,(H,11,12);1H4/b7-4+;;;. The van der Waals surface area contributed by atoms with Crippen LogP contribution in [0.4, 0.5) is 0 Å². The zero-order chi connectivity index (χ0) is 54.6. The van der Waals surface area contributed by atoms with E-state index in [0.717, 1.165) is 35.9 Å². The minimum Gasteiger partial charge on any atom is -0.508 e. The molecule has 10 unspecified atom stereocenters. The highest BCUT2D eigenvalue weighted by atomic mass is 16.7. The molecule has 2 saturated heterocycles. The van der Waals surface area contributed by atoms with Gasteiger partial charge in [-0.1, -0.05) is 49.9 Å². The normalized spacial score (nSPS) is 23.0. The lowest BCUT2D eigenvalue weighted by Crippen LogP contribution is -2.60. The molecule has 0 spiro atoms. The van der Waals surface area contributed by atoms with Gasteiger partial charge in [0.25, 0.3) is 0 Å². The molecule has 2 fully saturated rings. The molecule has 24 nitrogen and oxygen atoms in total. The molecule has 0 bridgehead atoms. The van der Waals surface area contributed by atoms with E-state index in [1.165, 1.54) is 44.2 Å². The molecular formula is C51H58O24. The third kappa shape index (κ3) is 15.8. The van der Waals surface area contributed by atoms with Crippen molar-refractivity contribution in [1.29, 1.82) is 0 Å². The number of rotatable bonds is 13. The van der Waals surface area contributed by atoms with Crippen molar-refractivity contribution in [2.24, 2.45) is 0 Å². The Morgan fingerprint density at radius 1 is 0.547 bits per heavy atom. The van der Waals surface area contributed by atoms with E-state index >= 15 is 0 Å². The molecule has 2 aliphatic rings. The van der Waals surface area contributed by atoms with Crippen molar-refractivity contribution in [2.75, 3.05) is 19.8 Å². The van der Waals surface area contributed by atoms with Gasteiger partial charge >= 0.3 is 17.9 Å². The number of aliphatic hydroxyl groups is 6. The number of carbonyl (C=O) groups is 3. The quantitative estimate of drug-likeness (QED) is 0.0594. The Labute approximate surface area is 427 Å². The molecule has 75 heavy (non-hydrogen) atoms. The molecule has 0 aromatic heterocycles. The van der Waals surface area contributed by atoms with Crippen LogP contribution in [0.25, 0.3) is 6.08 Å². The Bertz CT molecular complexity index is 2660. The van der Waals surface area contributed by atoms with E-state index in [4.69, 9.17) is 43.7 Å². The van der Waals surface area contributed by atoms with Crippen LogP contribution in [0.3, 0.4) is 0 Å². The first-order valence-electron chi connectivity index (χ1n) is 22.0. The van der Waals surface area contributed by atoms with Gasteiger partial charge in [0.2, 0.25) is 6.29 Å². The molecule has 0 aliphatic carbocycles. The number of aliphatic hydroxyl groups excluding tert-OH is 6. The van der Waals surface area contributed by atoms with Crippen LogP contribution in [0, 0.1) is 13.8 Å². The highest BCUT2D eigenvalue weighted by Crippen LogP contribution is 2.36. The minimum atomic E-state index is -1.64. The molecule has 406 valence electrons. The number of carboxylic acid groups (broad SMARTS) is 1. The Hall–Kier alpha value is -7.91. The van der Waals surface area contributed by atoms with E-state index in [0.29, 0.717) is 5.56 Å². The number of phenols is 8. The molecule has 5 aromatic carbocycles. The van der Waals surface area contributed by atoms with Crippen LogP contribution in [0.5, 0.6) is 51.7 Å². The number of aromatic carboxylic acids is 1. The van der Waals surface area contributed by atoms with Crippen molar-refractivity contribution in [2.45, 2.75) is 82.7 Å². The topological polar surface area (TPSA) is 410 Å². The fourth-order valence-electron chi connectivity index (χ4n) is 6.79. The van der Waals surface area contributed by atoms with E-state index in [1.807, 2.05) is 30.3 Å². The number of hydrogen-bond donors (Lipinski definition) is 15. The van der Waals surface area contributed by atoms with Crippen molar-refractivity contribution in [3.63, 3.8) is 0 Å². The second kappa shape index (κ2) is 26.9. The lowest BCUT2D eigenvalue weighted by atomic mass is 9.99. The van der Waals surface area contributed by atoms with Gasteiger partial charge in [0.05, 0.1) is 23.3 Å². The lowest BCUT2D eigenvalue weighted by Gasteiger charge is -2.39. The average molecular weight is 1060 g/mol. The molecule has 0 saturated carbocycles. The number of carbonyl (C=O) groups excluding carboxylic acids is 2. The molecule has 10 atom stereocenters. The average Bonchev–Trinajstić information content (AvgIpc) is 3.37. The van der Waals surface area contributed by atoms with E-state index in [9.17, 15) is 75.7 Å². The van der Waals surface area contributed by atoms with Crippen molar-refractivity contribution in [1.82, 2.24) is 0 Å². The number of phenolic OH excluding ortho intramolecular Hbond substituents is 8. The number of hydrogen-bond acceptors (Lipinski definition) is 23. The van der Waals surface area contributed by atoms with Gasteiger partial charge in [-0.25, -0.2) is 14.4 Å². The maximum atomic E-state index is 12.2. The van der Waals surface area contributed by atoms with Crippen LogP contribution in [-0.2, 0) is 23.7 Å². The van der Waals surface area contributed by atoms with Crippen LogP contribution >= 0.6 is 0 Å². The number of ether oxygens (including phenoxy) is 6. The largest absolute Gasteiger partial charge is 0.508 e. The summed E-state index contributed by atoms with van der Waals surface area (Å²) in [4.78, 5) is 34.8. The van der Waals surface area contributed by atoms with Crippen molar-refractivity contribution in [3.05, 3.63) is 130 Å². The summed E-state index contributed by atoms with van der Waals surface area (Å²) in [5.74, 6) is -6.31. The third-order valence-electron chi connectivity index (χ3n) is 11.1. The molecule has 15 N–H and O–H groups in total. The van der Waals surface area contributed by atoms with Gasteiger partial charge in [-0.2, -0.15) is 0 Å². The van der Waals surface area contributed by atoms with Crippen molar-refractivity contribution in [3.8, 4) is 51.7 Å². The van der Waals surface area contributed by atoms with Gasteiger partial charge in [-0.05, 0) is 85.6 Å². The molecule has 5 aromatic rings. The minimum absolute atomic E-state index is 0. The third-order valence-corrected chi connectivity index (χ3v) is 11.1. The van der Waals surface area contributed by atoms with Crippen molar-refractivity contribution < 1.29 is 119 Å². The Morgan fingerprint density at radius 2 is 1.00 bits per heavy atom. The summed E-state index contributed by atoms with van der Waals surface area (Å²) in [7, 11) is 0. The summed E-state index contributed by atoms with van der Waals surface area (Å²) in [5.41, 5.74) is 1.05. The summed E-state index contributed by atoms with van der Waals surface area (Å²) < 4.78 is 31.9. The maximum absolute atomic E-state index is 12.2. The fraction of sp³-hybridized carbons (Fsp3) is 0.314. The first-order chi connectivity index (χ1) is 35.0. The number of aryl methyl sites for hydroxylation is 1. The van der Waals surface area contributed by atoms with Crippen LogP contribution in [0.1, 0.15) is 55.2 Å². The van der Waals surface area contributed by atoms with Crippen LogP contribution in [-0.4, -0.2) is 176 Å². The molecular weight excluding hydrogens is 997 g/mol. The summed E-state index contributed by atoms with van der Waals surface area (Å²) in [6.45, 7) is 1.99. The summed E-state index contributed by atoms with van der Waals surface area (Å²) in [6.07, 6.45) is -11.2. The number of carboxylic acids is 1. The zero-order valence-electron chi connectivity index (χ0n) is 39.1. The predicted octanol–water partition coefficient (Wildman–Crippen LogP) is 2.39. The molecule has 2 heterocycles. The van der Waals surface area contributed by atoms with E-state index in [-0.39, 0.29) is 65.0 Å². The van der Waals surface area contributed by atoms with Gasteiger partial charge in [0.1, 0.15) is 85.0 Å². The SMILES string of the molecule is C.Cc1c(O)cc(C(=O)OCC2OC(Oc3ccc(O)cc3)C(O)C(O)C2O)cc1O.Cc1cc(C(=O)O)cc(O)c1O.O=C(OCC1OC(OC/C=C/c2ccccc2)C(O)C(O)C1O)c1cc(O)c(O)c(O)c1. The van der Waals surface area contributed by atoms with Gasteiger partial charge < -0.3 is 105 Å². The smallest absolute Gasteiger partial charge is 0.338 e. The first kappa shape index (κ1) is 59.7. The highest BCUT2D eigenvalue weighted by Gasteiger charge is 2.46. The Kier molecular flexibility index (Phi) is 21.4. The van der Waals surface area contributed by atoms with E-state index < -0.39 is 116 Å². The van der Waals surface area contributed by atoms with Crippen LogP contribution in [0.15, 0.2) is 97.1 Å².